The van der Waals surface area contributed by atoms with E-state index in [0.29, 0.717) is 18.4 Å². The fourth-order valence-corrected chi connectivity index (χ4v) is 1.61. The molecule has 0 aliphatic rings. The third kappa shape index (κ3) is 4.24. The minimum atomic E-state index is -0.488. The number of carbonyl (C=O) groups is 1. The highest BCUT2D eigenvalue weighted by atomic mass is 19.1. The van der Waals surface area contributed by atoms with Crippen LogP contribution in [0.15, 0.2) is 36.5 Å². The maximum absolute atomic E-state index is 13.5. The number of anilines is 2. The molecule has 110 valence electrons. The Kier molecular flexibility index (Phi) is 4.81. The molecule has 1 aromatic carbocycles. The third-order valence-electron chi connectivity index (χ3n) is 2.68. The van der Waals surface area contributed by atoms with E-state index in [2.05, 4.69) is 34.4 Å². The molecule has 0 fully saturated rings. The normalized spacial score (nSPS) is 10.5. The average molecular weight is 288 g/mol. The zero-order chi connectivity index (χ0) is 15.2. The van der Waals surface area contributed by atoms with Gasteiger partial charge in [0.05, 0.1) is 5.69 Å². The summed E-state index contributed by atoms with van der Waals surface area (Å²) in [5, 5.41) is 5.52. The molecule has 1 amide bonds. The number of amides is 1. The van der Waals surface area contributed by atoms with E-state index in [1.807, 2.05) is 0 Å². The first-order chi connectivity index (χ1) is 10.1. The molecule has 1 aromatic heterocycles. The number of carbonyl (C=O) groups excluding carboxylic acids is 1. The first kappa shape index (κ1) is 14.9. The minimum absolute atomic E-state index is 0.123. The predicted molar refractivity (Wildman–Crippen MR) is 79.7 cm³/mol. The molecule has 21 heavy (non-hydrogen) atoms. The Balaban J connectivity index is 2.09. The smallest absolute Gasteiger partial charge is 0.274 e. The van der Waals surface area contributed by atoms with Crippen molar-refractivity contribution in [3.05, 3.63) is 48.0 Å². The van der Waals surface area contributed by atoms with Crippen molar-refractivity contribution in [1.29, 1.82) is 0 Å². The molecular formula is C15H17FN4O. The van der Waals surface area contributed by atoms with Crippen molar-refractivity contribution >= 4 is 17.5 Å². The number of halogens is 1. The van der Waals surface area contributed by atoms with Crippen molar-refractivity contribution in [1.82, 2.24) is 9.97 Å². The van der Waals surface area contributed by atoms with Gasteiger partial charge < -0.3 is 10.6 Å². The molecule has 0 atom stereocenters. The van der Waals surface area contributed by atoms with E-state index >= 15 is 0 Å². The second-order valence-corrected chi connectivity index (χ2v) is 4.97. The lowest BCUT2D eigenvalue weighted by atomic mass is 10.2. The lowest BCUT2D eigenvalue weighted by molar-refractivity contribution is 0.102. The van der Waals surface area contributed by atoms with Gasteiger partial charge in [-0.3, -0.25) is 4.79 Å². The van der Waals surface area contributed by atoms with E-state index in [0.717, 1.165) is 0 Å². The average Bonchev–Trinajstić information content (AvgIpc) is 2.48. The lowest BCUT2D eigenvalue weighted by Gasteiger charge is -2.09. The number of rotatable bonds is 5. The van der Waals surface area contributed by atoms with Crippen LogP contribution in [0.3, 0.4) is 0 Å². The molecule has 1 heterocycles. The van der Waals surface area contributed by atoms with Gasteiger partial charge in [-0.1, -0.05) is 26.0 Å². The molecule has 0 radical (unpaired) electrons. The molecule has 0 aliphatic carbocycles. The van der Waals surface area contributed by atoms with Gasteiger partial charge in [-0.2, -0.15) is 0 Å². The molecule has 0 bridgehead atoms. The molecule has 2 N–H and O–H groups in total. The topological polar surface area (TPSA) is 66.9 Å². The van der Waals surface area contributed by atoms with Crippen LogP contribution >= 0.6 is 0 Å². The Bertz CT molecular complexity index is 631. The molecule has 0 saturated heterocycles. The van der Waals surface area contributed by atoms with Crippen molar-refractivity contribution in [2.75, 3.05) is 17.2 Å². The second-order valence-electron chi connectivity index (χ2n) is 4.97. The van der Waals surface area contributed by atoms with Crippen molar-refractivity contribution in [2.24, 2.45) is 5.92 Å². The number of hydrogen-bond donors (Lipinski definition) is 2. The zero-order valence-electron chi connectivity index (χ0n) is 11.9. The van der Waals surface area contributed by atoms with E-state index < -0.39 is 11.7 Å². The van der Waals surface area contributed by atoms with Gasteiger partial charge in [-0.25, -0.2) is 14.4 Å². The van der Waals surface area contributed by atoms with Crippen LogP contribution in [0, 0.1) is 11.7 Å². The predicted octanol–water partition coefficient (Wildman–Crippen LogP) is 2.94. The minimum Gasteiger partial charge on any atom is -0.354 e. The highest BCUT2D eigenvalue weighted by molar-refractivity contribution is 6.03. The van der Waals surface area contributed by atoms with E-state index in [4.69, 9.17) is 0 Å². The Labute approximate surface area is 122 Å². The quantitative estimate of drug-likeness (QED) is 0.887. The zero-order valence-corrected chi connectivity index (χ0v) is 11.9. The molecular weight excluding hydrogens is 271 g/mol. The summed E-state index contributed by atoms with van der Waals surface area (Å²) in [7, 11) is 0. The SMILES string of the molecule is CC(C)CNc1nccc(C(=O)Nc2ccccc2F)n1. The van der Waals surface area contributed by atoms with Crippen LogP contribution in [-0.2, 0) is 0 Å². The van der Waals surface area contributed by atoms with Crippen LogP contribution in [0.25, 0.3) is 0 Å². The van der Waals surface area contributed by atoms with Crippen LogP contribution in [0.1, 0.15) is 24.3 Å². The monoisotopic (exact) mass is 288 g/mol. The Morgan fingerprint density at radius 2 is 2.05 bits per heavy atom. The van der Waals surface area contributed by atoms with Crippen molar-refractivity contribution < 1.29 is 9.18 Å². The first-order valence-corrected chi connectivity index (χ1v) is 6.69. The number of nitrogens with zero attached hydrogens (tertiary/aromatic N) is 2. The highest BCUT2D eigenvalue weighted by Crippen LogP contribution is 2.13. The maximum atomic E-state index is 13.5. The summed E-state index contributed by atoms with van der Waals surface area (Å²) in [6, 6.07) is 7.46. The van der Waals surface area contributed by atoms with Crippen LogP contribution in [0.5, 0.6) is 0 Å². The van der Waals surface area contributed by atoms with E-state index in [1.54, 1.807) is 12.1 Å². The molecule has 2 rings (SSSR count). The van der Waals surface area contributed by atoms with E-state index in [1.165, 1.54) is 24.4 Å². The highest BCUT2D eigenvalue weighted by Gasteiger charge is 2.11. The van der Waals surface area contributed by atoms with Gasteiger partial charge >= 0.3 is 0 Å². The third-order valence-corrected chi connectivity index (χ3v) is 2.68. The summed E-state index contributed by atoms with van der Waals surface area (Å²) < 4.78 is 13.5. The van der Waals surface area contributed by atoms with Gasteiger partial charge in [0, 0.05) is 12.7 Å². The summed E-state index contributed by atoms with van der Waals surface area (Å²) in [6.07, 6.45) is 1.49. The van der Waals surface area contributed by atoms with Crippen molar-refractivity contribution in [3.63, 3.8) is 0 Å². The molecule has 0 unspecified atom stereocenters. The summed E-state index contributed by atoms with van der Waals surface area (Å²) in [4.78, 5) is 20.2. The van der Waals surface area contributed by atoms with Crippen LogP contribution < -0.4 is 10.6 Å². The lowest BCUT2D eigenvalue weighted by Crippen LogP contribution is -2.17. The second kappa shape index (κ2) is 6.78. The van der Waals surface area contributed by atoms with Gasteiger partial charge in [0.15, 0.2) is 0 Å². The van der Waals surface area contributed by atoms with Crippen LogP contribution in [-0.4, -0.2) is 22.4 Å². The number of para-hydroxylation sites is 1. The van der Waals surface area contributed by atoms with Crippen LogP contribution in [0.2, 0.25) is 0 Å². The molecule has 2 aromatic rings. The summed E-state index contributed by atoms with van der Waals surface area (Å²) >= 11 is 0. The number of aromatic nitrogens is 2. The molecule has 0 aliphatic heterocycles. The van der Waals surface area contributed by atoms with E-state index in [-0.39, 0.29) is 11.4 Å². The molecule has 6 heteroatoms. The van der Waals surface area contributed by atoms with Crippen LogP contribution in [0.4, 0.5) is 16.0 Å². The summed E-state index contributed by atoms with van der Waals surface area (Å²) in [5.74, 6) is -0.150. The van der Waals surface area contributed by atoms with Crippen molar-refractivity contribution in [2.45, 2.75) is 13.8 Å². The molecule has 5 nitrogen and oxygen atoms in total. The van der Waals surface area contributed by atoms with Gasteiger partial charge in [0.1, 0.15) is 11.5 Å². The Morgan fingerprint density at radius 1 is 1.29 bits per heavy atom. The summed E-state index contributed by atoms with van der Waals surface area (Å²) in [5.41, 5.74) is 0.303. The molecule has 0 saturated carbocycles. The maximum Gasteiger partial charge on any atom is 0.274 e. The number of hydrogen-bond acceptors (Lipinski definition) is 4. The largest absolute Gasteiger partial charge is 0.354 e. The standard InChI is InChI=1S/C15H17FN4O/c1-10(2)9-18-15-17-8-7-13(20-15)14(21)19-12-6-4-3-5-11(12)16/h3-8,10H,9H2,1-2H3,(H,19,21)(H,17,18,20). The fourth-order valence-electron chi connectivity index (χ4n) is 1.61. The summed E-state index contributed by atoms with van der Waals surface area (Å²) in [6.45, 7) is 4.82. The van der Waals surface area contributed by atoms with Gasteiger partial charge in [-0.15, -0.1) is 0 Å². The van der Waals surface area contributed by atoms with Gasteiger partial charge in [0.2, 0.25) is 5.95 Å². The first-order valence-electron chi connectivity index (χ1n) is 6.69. The number of nitrogens with one attached hydrogen (secondary N) is 2. The number of benzene rings is 1. The van der Waals surface area contributed by atoms with E-state index in [9.17, 15) is 9.18 Å². The molecule has 0 spiro atoms. The Hall–Kier alpha value is -2.50. The fraction of sp³-hybridized carbons (Fsp3) is 0.267. The Morgan fingerprint density at radius 3 is 2.76 bits per heavy atom. The van der Waals surface area contributed by atoms with Crippen molar-refractivity contribution in [3.8, 4) is 0 Å². The van der Waals surface area contributed by atoms with Gasteiger partial charge in [-0.05, 0) is 24.1 Å². The van der Waals surface area contributed by atoms with Gasteiger partial charge in [0.25, 0.3) is 5.91 Å².